The summed E-state index contributed by atoms with van der Waals surface area (Å²) in [7, 11) is 5.91. The number of aliphatic imine (C=N–C) groups is 1. The molecule has 1 aliphatic carbocycles. The number of ether oxygens (including phenoxy) is 1. The van der Waals surface area contributed by atoms with Crippen molar-refractivity contribution in [2.75, 3.05) is 40.6 Å². The van der Waals surface area contributed by atoms with Crippen LogP contribution in [0.15, 0.2) is 29.3 Å². The monoisotopic (exact) mass is 378 g/mol. The van der Waals surface area contributed by atoms with Crippen molar-refractivity contribution in [3.63, 3.8) is 0 Å². The summed E-state index contributed by atoms with van der Waals surface area (Å²) in [6, 6.07) is 8.90. The van der Waals surface area contributed by atoms with Gasteiger partial charge in [0.05, 0.1) is 19.7 Å². The summed E-state index contributed by atoms with van der Waals surface area (Å²) in [5.41, 5.74) is 1.17. The summed E-state index contributed by atoms with van der Waals surface area (Å²) in [6.07, 6.45) is 5.94. The molecular weight excluding hydrogens is 344 g/mol. The highest BCUT2D eigenvalue weighted by Crippen LogP contribution is 2.29. The minimum atomic E-state index is 0.170. The lowest BCUT2D eigenvalue weighted by atomic mass is 10.0. The third-order valence-corrected chi connectivity index (χ3v) is 6.04. The van der Waals surface area contributed by atoms with Crippen LogP contribution >= 0.6 is 11.8 Å². The zero-order valence-electron chi connectivity index (χ0n) is 16.8. The molecule has 0 aliphatic heterocycles. The topological polar surface area (TPSA) is 48.9 Å². The predicted molar refractivity (Wildman–Crippen MR) is 113 cm³/mol. The van der Waals surface area contributed by atoms with E-state index in [4.69, 9.17) is 9.73 Å². The summed E-state index contributed by atoms with van der Waals surface area (Å²) >= 11 is 1.98. The number of rotatable bonds is 8. The Morgan fingerprint density at radius 3 is 2.73 bits per heavy atom. The molecule has 3 atom stereocenters. The molecule has 1 fully saturated rings. The lowest BCUT2D eigenvalue weighted by Crippen LogP contribution is -2.43. The molecule has 5 nitrogen and oxygen atoms in total. The van der Waals surface area contributed by atoms with E-state index in [1.807, 2.05) is 23.9 Å². The van der Waals surface area contributed by atoms with Gasteiger partial charge < -0.3 is 20.3 Å². The van der Waals surface area contributed by atoms with Crippen LogP contribution < -0.4 is 15.4 Å². The summed E-state index contributed by atoms with van der Waals surface area (Å²) in [5.74, 6) is 1.83. The molecule has 1 aliphatic rings. The second-order valence-electron chi connectivity index (χ2n) is 6.95. The molecule has 0 spiro atoms. The smallest absolute Gasteiger partial charge is 0.191 e. The number of likely N-dealkylation sites (N-methyl/N-ethyl adjacent to an activating group) is 1. The molecule has 1 aromatic carbocycles. The van der Waals surface area contributed by atoms with Crippen LogP contribution in [0.25, 0.3) is 0 Å². The standard InChI is InChI=1S/C20H34N4OS/c1-6-21-20(23-15-11-12-16(13-15)26-5)22-14-18(24(2)3)17-9-7-8-10-19(17)25-4/h7-10,15-16,18H,6,11-14H2,1-5H3,(H2,21,22,23). The fourth-order valence-corrected chi connectivity index (χ4v) is 4.25. The minimum Gasteiger partial charge on any atom is -0.496 e. The van der Waals surface area contributed by atoms with Gasteiger partial charge in [-0.15, -0.1) is 0 Å². The Morgan fingerprint density at radius 1 is 1.35 bits per heavy atom. The molecule has 1 aromatic rings. The fourth-order valence-electron chi connectivity index (χ4n) is 3.46. The Morgan fingerprint density at radius 2 is 2.12 bits per heavy atom. The van der Waals surface area contributed by atoms with Gasteiger partial charge in [-0.1, -0.05) is 18.2 Å². The molecule has 0 amide bonds. The van der Waals surface area contributed by atoms with Crippen LogP contribution in [0.1, 0.15) is 37.8 Å². The van der Waals surface area contributed by atoms with Gasteiger partial charge in [-0.2, -0.15) is 11.8 Å². The second-order valence-corrected chi connectivity index (χ2v) is 8.09. The summed E-state index contributed by atoms with van der Waals surface area (Å²) in [5, 5.41) is 7.81. The predicted octanol–water partition coefficient (Wildman–Crippen LogP) is 3.14. The maximum Gasteiger partial charge on any atom is 0.191 e. The maximum absolute atomic E-state index is 5.55. The number of nitrogens with zero attached hydrogens (tertiary/aromatic N) is 2. The van der Waals surface area contributed by atoms with Gasteiger partial charge in [0.25, 0.3) is 0 Å². The van der Waals surface area contributed by atoms with E-state index in [1.165, 1.54) is 24.8 Å². The molecule has 0 heterocycles. The van der Waals surface area contributed by atoms with E-state index in [-0.39, 0.29) is 6.04 Å². The van der Waals surface area contributed by atoms with Crippen molar-refractivity contribution in [3.8, 4) is 5.75 Å². The molecule has 2 N–H and O–H groups in total. The first-order chi connectivity index (χ1) is 12.6. The zero-order valence-corrected chi connectivity index (χ0v) is 17.6. The normalized spacial score (nSPS) is 21.7. The van der Waals surface area contributed by atoms with Crippen molar-refractivity contribution >= 4 is 17.7 Å². The summed E-state index contributed by atoms with van der Waals surface area (Å²) < 4.78 is 5.55. The number of nitrogens with one attached hydrogen (secondary N) is 2. The van der Waals surface area contributed by atoms with E-state index >= 15 is 0 Å². The van der Waals surface area contributed by atoms with Gasteiger partial charge in [-0.3, -0.25) is 4.99 Å². The van der Waals surface area contributed by atoms with Crippen LogP contribution in [0.3, 0.4) is 0 Å². The molecule has 0 aromatic heterocycles. The number of hydrogen-bond acceptors (Lipinski definition) is 4. The quantitative estimate of drug-likeness (QED) is 0.538. The minimum absolute atomic E-state index is 0.170. The Balaban J connectivity index is 2.09. The number of para-hydroxylation sites is 1. The van der Waals surface area contributed by atoms with Crippen molar-refractivity contribution < 1.29 is 4.74 Å². The van der Waals surface area contributed by atoms with Crippen molar-refractivity contribution in [2.45, 2.75) is 43.5 Å². The maximum atomic E-state index is 5.55. The van der Waals surface area contributed by atoms with Crippen molar-refractivity contribution in [1.29, 1.82) is 0 Å². The largest absolute Gasteiger partial charge is 0.496 e. The van der Waals surface area contributed by atoms with E-state index < -0.39 is 0 Å². The third kappa shape index (κ3) is 5.81. The Labute approximate surface area is 163 Å². The SMILES string of the molecule is CCNC(=NCC(c1ccccc1OC)N(C)C)NC1CCC(SC)C1. The Bertz CT molecular complexity index is 579. The van der Waals surface area contributed by atoms with Crippen LogP contribution in [0.5, 0.6) is 5.75 Å². The van der Waals surface area contributed by atoms with Crippen molar-refractivity contribution in [3.05, 3.63) is 29.8 Å². The average Bonchev–Trinajstić information content (AvgIpc) is 3.09. The number of thioether (sulfide) groups is 1. The van der Waals surface area contributed by atoms with Gasteiger partial charge in [-0.25, -0.2) is 0 Å². The first-order valence-corrected chi connectivity index (χ1v) is 10.7. The Kier molecular flexibility index (Phi) is 8.59. The number of methoxy groups -OCH3 is 1. The first-order valence-electron chi connectivity index (χ1n) is 9.46. The fraction of sp³-hybridized carbons (Fsp3) is 0.650. The first kappa shape index (κ1) is 20.9. The van der Waals surface area contributed by atoms with Gasteiger partial charge in [0.2, 0.25) is 0 Å². The van der Waals surface area contributed by atoms with Crippen LogP contribution in [-0.2, 0) is 0 Å². The van der Waals surface area contributed by atoms with E-state index in [9.17, 15) is 0 Å². The summed E-state index contributed by atoms with van der Waals surface area (Å²) in [6.45, 7) is 3.66. The van der Waals surface area contributed by atoms with E-state index in [2.05, 4.69) is 54.9 Å². The zero-order chi connectivity index (χ0) is 18.9. The van der Waals surface area contributed by atoms with Crippen molar-refractivity contribution in [1.82, 2.24) is 15.5 Å². The van der Waals surface area contributed by atoms with E-state index in [1.54, 1.807) is 7.11 Å². The van der Waals surface area contributed by atoms with Crippen LogP contribution in [-0.4, -0.2) is 62.7 Å². The van der Waals surface area contributed by atoms with E-state index in [0.29, 0.717) is 12.6 Å². The molecular formula is C20H34N4OS. The van der Waals surface area contributed by atoms with Crippen LogP contribution in [0, 0.1) is 0 Å². The van der Waals surface area contributed by atoms with Gasteiger partial charge in [-0.05, 0) is 52.6 Å². The van der Waals surface area contributed by atoms with Gasteiger partial charge in [0.1, 0.15) is 5.75 Å². The lowest BCUT2D eigenvalue weighted by Gasteiger charge is -2.25. The number of benzene rings is 1. The van der Waals surface area contributed by atoms with Crippen LogP contribution in [0.2, 0.25) is 0 Å². The third-order valence-electron chi connectivity index (χ3n) is 4.95. The van der Waals surface area contributed by atoms with Gasteiger partial charge in [0, 0.05) is 23.4 Å². The van der Waals surface area contributed by atoms with Crippen molar-refractivity contribution in [2.24, 2.45) is 4.99 Å². The molecule has 146 valence electrons. The lowest BCUT2D eigenvalue weighted by molar-refractivity contribution is 0.295. The second kappa shape index (κ2) is 10.7. The number of guanidine groups is 1. The molecule has 1 saturated carbocycles. The summed E-state index contributed by atoms with van der Waals surface area (Å²) in [4.78, 5) is 7.09. The molecule has 6 heteroatoms. The Hall–Kier alpha value is -1.40. The molecule has 0 bridgehead atoms. The average molecular weight is 379 g/mol. The van der Waals surface area contributed by atoms with E-state index in [0.717, 1.165) is 23.5 Å². The van der Waals surface area contributed by atoms with Crippen LogP contribution in [0.4, 0.5) is 0 Å². The molecule has 2 rings (SSSR count). The molecule has 0 radical (unpaired) electrons. The van der Waals surface area contributed by atoms with Gasteiger partial charge >= 0.3 is 0 Å². The highest BCUT2D eigenvalue weighted by atomic mass is 32.2. The molecule has 26 heavy (non-hydrogen) atoms. The molecule has 3 unspecified atom stereocenters. The highest BCUT2D eigenvalue weighted by Gasteiger charge is 2.25. The molecule has 0 saturated heterocycles. The number of hydrogen-bond donors (Lipinski definition) is 2. The van der Waals surface area contributed by atoms with Gasteiger partial charge in [0.15, 0.2) is 5.96 Å². The highest BCUT2D eigenvalue weighted by molar-refractivity contribution is 7.99.